The molecule has 0 fully saturated rings. The van der Waals surface area contributed by atoms with Crippen LogP contribution in [0.2, 0.25) is 0 Å². The molecule has 0 aromatic carbocycles. The highest BCUT2D eigenvalue weighted by atomic mass is 32.2. The van der Waals surface area contributed by atoms with Crippen LogP contribution in [-0.4, -0.2) is 45.0 Å². The van der Waals surface area contributed by atoms with Crippen molar-refractivity contribution in [1.82, 2.24) is 0 Å². The summed E-state index contributed by atoms with van der Waals surface area (Å²) in [6.07, 6.45) is 1.17. The van der Waals surface area contributed by atoms with E-state index in [-0.39, 0.29) is 12.1 Å². The molecule has 0 aromatic rings. The maximum atomic E-state index is 11.1. The Morgan fingerprint density at radius 3 is 2.10 bits per heavy atom. The van der Waals surface area contributed by atoms with Crippen molar-refractivity contribution >= 4 is 35.4 Å². The topological polar surface area (TPSA) is 169 Å². The largest absolute Gasteiger partial charge is 0.401 e. The first-order valence-corrected chi connectivity index (χ1v) is 9.12. The van der Waals surface area contributed by atoms with Crippen LogP contribution < -0.4 is 5.73 Å². The lowest BCUT2D eigenvalue weighted by Crippen LogP contribution is -2.28. The van der Waals surface area contributed by atoms with Crippen molar-refractivity contribution < 1.29 is 34.4 Å². The zero-order valence-electron chi connectivity index (χ0n) is 9.79. The van der Waals surface area contributed by atoms with Crippen LogP contribution in [0.4, 0.5) is 0 Å². The Morgan fingerprint density at radius 1 is 1.15 bits per heavy atom. The highest BCUT2D eigenvalue weighted by molar-refractivity contribution is 7.90. The first-order valence-electron chi connectivity index (χ1n) is 4.99. The second-order valence-corrected chi connectivity index (χ2v) is 7.86. The Kier molecular flexibility index (Phi) is 4.76. The third kappa shape index (κ3) is 4.42. The molecule has 0 heterocycles. The van der Waals surface area contributed by atoms with Crippen LogP contribution in [0.25, 0.3) is 0 Å². The highest BCUT2D eigenvalue weighted by Gasteiger charge is 2.28. The van der Waals surface area contributed by atoms with Gasteiger partial charge in [0.05, 0.1) is 15.5 Å². The van der Waals surface area contributed by atoms with Gasteiger partial charge in [-0.2, -0.15) is 25.3 Å². The van der Waals surface area contributed by atoms with Crippen molar-refractivity contribution in [3.63, 3.8) is 0 Å². The van der Waals surface area contributed by atoms with Crippen molar-refractivity contribution in [3.05, 3.63) is 22.8 Å². The highest BCUT2D eigenvalue weighted by Crippen LogP contribution is 2.24. The summed E-state index contributed by atoms with van der Waals surface area (Å²) >= 11 is 0. The molecule has 114 valence electrons. The van der Waals surface area contributed by atoms with Crippen molar-refractivity contribution in [2.45, 2.75) is 6.42 Å². The van der Waals surface area contributed by atoms with Gasteiger partial charge in [-0.25, -0.2) is 0 Å². The summed E-state index contributed by atoms with van der Waals surface area (Å²) in [6.45, 7) is 0. The maximum absolute atomic E-state index is 11.1. The summed E-state index contributed by atoms with van der Waals surface area (Å²) in [5.74, 6) is -1.84. The fourth-order valence-electron chi connectivity index (χ4n) is 1.60. The molecule has 0 amide bonds. The van der Waals surface area contributed by atoms with Crippen LogP contribution in [-0.2, 0) is 30.5 Å². The molecule has 0 aliphatic heterocycles. The molecular formula is C8H11NO8S3. The normalized spacial score (nSPS) is 20.3. The minimum atomic E-state index is -4.65. The molecule has 1 atom stereocenters. The molecule has 0 aromatic heterocycles. The van der Waals surface area contributed by atoms with Gasteiger partial charge in [0.1, 0.15) is 0 Å². The van der Waals surface area contributed by atoms with Crippen LogP contribution in [0.1, 0.15) is 6.42 Å². The van der Waals surface area contributed by atoms with E-state index in [0.717, 1.165) is 6.08 Å². The predicted octanol–water partition coefficient (Wildman–Crippen LogP) is -1.44. The Hall–Kier alpha value is -1.21. The lowest BCUT2D eigenvalue weighted by atomic mass is 9.94. The van der Waals surface area contributed by atoms with Crippen LogP contribution in [0.15, 0.2) is 22.8 Å². The molecule has 1 aliphatic rings. The van der Waals surface area contributed by atoms with Crippen molar-refractivity contribution in [3.8, 4) is 0 Å². The molecular weight excluding hydrogens is 334 g/mol. The smallest absolute Gasteiger partial charge is 0.294 e. The fraction of sp³-hybridized carbons (Fsp3) is 0.375. The minimum absolute atomic E-state index is 0.247. The number of rotatable bonds is 4. The van der Waals surface area contributed by atoms with E-state index < -0.39 is 52.0 Å². The van der Waals surface area contributed by atoms with Crippen molar-refractivity contribution in [1.29, 1.82) is 0 Å². The monoisotopic (exact) mass is 345 g/mol. The zero-order chi connectivity index (χ0) is 15.7. The third-order valence-corrected chi connectivity index (χ3v) is 4.86. The average Bonchev–Trinajstić information content (AvgIpc) is 2.23. The second-order valence-electron chi connectivity index (χ2n) is 3.93. The molecule has 0 bridgehead atoms. The van der Waals surface area contributed by atoms with Gasteiger partial charge in [-0.3, -0.25) is 9.11 Å². The average molecular weight is 345 g/mol. The summed E-state index contributed by atoms with van der Waals surface area (Å²) in [5.41, 5.74) is 5.25. The van der Waals surface area contributed by atoms with Gasteiger partial charge >= 0.3 is 0 Å². The molecule has 1 aliphatic carbocycles. The van der Waals surface area contributed by atoms with Crippen molar-refractivity contribution in [2.24, 2.45) is 11.7 Å². The number of allylic oxidation sites excluding steroid dienone is 3. The van der Waals surface area contributed by atoms with Gasteiger partial charge in [-0.15, -0.1) is 0 Å². The fourth-order valence-corrected chi connectivity index (χ4v) is 3.48. The number of hydrogen-bond donors (Lipinski definition) is 3. The Morgan fingerprint density at radius 2 is 1.70 bits per heavy atom. The van der Waals surface area contributed by atoms with Crippen LogP contribution in [0.3, 0.4) is 0 Å². The van der Waals surface area contributed by atoms with Gasteiger partial charge in [0.15, 0.2) is 0 Å². The lowest BCUT2D eigenvalue weighted by molar-refractivity contribution is 0.478. The molecule has 20 heavy (non-hydrogen) atoms. The summed E-state index contributed by atoms with van der Waals surface area (Å²) in [5, 5.41) is 0. The van der Waals surface area contributed by atoms with E-state index in [0.29, 0.717) is 6.08 Å². The van der Waals surface area contributed by atoms with E-state index in [4.69, 9.17) is 14.8 Å². The molecule has 0 saturated carbocycles. The van der Waals surface area contributed by atoms with Gasteiger partial charge in [-0.05, 0) is 18.6 Å². The van der Waals surface area contributed by atoms with E-state index in [1.165, 1.54) is 0 Å². The molecule has 0 radical (unpaired) electrons. The van der Waals surface area contributed by atoms with E-state index >= 15 is 0 Å². The summed E-state index contributed by atoms with van der Waals surface area (Å²) in [4.78, 5) is -1.20. The van der Waals surface area contributed by atoms with Gasteiger partial charge < -0.3 is 5.73 Å². The van der Waals surface area contributed by atoms with Gasteiger partial charge in [0, 0.05) is 11.6 Å². The van der Waals surface area contributed by atoms with E-state index in [9.17, 15) is 25.3 Å². The first kappa shape index (κ1) is 16.8. The van der Waals surface area contributed by atoms with E-state index in [2.05, 4.69) is 0 Å². The Balaban J connectivity index is 3.29. The Labute approximate surface area is 116 Å². The zero-order valence-corrected chi connectivity index (χ0v) is 12.2. The predicted molar refractivity (Wildman–Crippen MR) is 70.4 cm³/mol. The SMILES string of the molecule is NC1=CC(S(=O)(=O)O)=CC(=S(=O)=O)C1CCS(=O)(=O)O. The maximum Gasteiger partial charge on any atom is 0.294 e. The van der Waals surface area contributed by atoms with Gasteiger partial charge in [0.25, 0.3) is 20.2 Å². The molecule has 1 unspecified atom stereocenters. The lowest BCUT2D eigenvalue weighted by Gasteiger charge is -2.20. The van der Waals surface area contributed by atoms with Crippen molar-refractivity contribution in [2.75, 3.05) is 5.75 Å². The Bertz CT molecular complexity index is 805. The number of nitrogens with two attached hydrogens (primary N) is 1. The standard InChI is InChI=1S/C8H11NO8S3/c9-7-3-5(20(15,16)17)4-8(18(10)11)6(7)1-2-19(12,13)14/h3-4,6H,1-2,9H2,(H,12,13,14)(H,15,16,17). The first-order chi connectivity index (χ1) is 8.92. The van der Waals surface area contributed by atoms with Gasteiger partial charge in [0.2, 0.25) is 10.3 Å². The second kappa shape index (κ2) is 5.65. The summed E-state index contributed by atoms with van der Waals surface area (Å²) in [6, 6.07) is 0. The molecule has 9 nitrogen and oxygen atoms in total. The molecule has 12 heteroatoms. The van der Waals surface area contributed by atoms with Crippen LogP contribution in [0.5, 0.6) is 0 Å². The molecule has 0 spiro atoms. The van der Waals surface area contributed by atoms with E-state index in [1.807, 2.05) is 0 Å². The number of hydrogen-bond acceptors (Lipinski definition) is 7. The third-order valence-electron chi connectivity index (χ3n) is 2.49. The van der Waals surface area contributed by atoms with Crippen LogP contribution >= 0.6 is 0 Å². The molecule has 4 N–H and O–H groups in total. The van der Waals surface area contributed by atoms with Gasteiger partial charge in [-0.1, -0.05) is 0 Å². The minimum Gasteiger partial charge on any atom is -0.401 e. The molecule has 1 rings (SSSR count). The van der Waals surface area contributed by atoms with E-state index in [1.54, 1.807) is 0 Å². The summed E-state index contributed by atoms with van der Waals surface area (Å²) in [7, 11) is -11.8. The van der Waals surface area contributed by atoms with Crippen LogP contribution in [0, 0.1) is 5.92 Å². The quantitative estimate of drug-likeness (QED) is 0.408. The summed E-state index contributed by atoms with van der Waals surface area (Å²) < 4.78 is 82.9. The molecule has 0 saturated heterocycles.